The first-order valence-electron chi connectivity index (χ1n) is 6.23. The molecule has 0 aliphatic heterocycles. The van der Waals surface area contributed by atoms with Gasteiger partial charge in [0.1, 0.15) is 11.3 Å². The number of thiazole rings is 1. The Morgan fingerprint density at radius 1 is 1.38 bits per heavy atom. The number of amides is 1. The summed E-state index contributed by atoms with van der Waals surface area (Å²) >= 11 is 1.30. The smallest absolute Gasteiger partial charge is 0.339 e. The van der Waals surface area contributed by atoms with E-state index in [2.05, 4.69) is 15.4 Å². The molecule has 0 aliphatic rings. The molecule has 0 fully saturated rings. The number of anilines is 1. The van der Waals surface area contributed by atoms with Crippen molar-refractivity contribution >= 4 is 28.3 Å². The van der Waals surface area contributed by atoms with Crippen molar-refractivity contribution in [1.29, 1.82) is 0 Å². The van der Waals surface area contributed by atoms with Gasteiger partial charge < -0.3 is 5.11 Å². The highest BCUT2D eigenvalue weighted by molar-refractivity contribution is 7.14. The molecular weight excluding hydrogens is 292 g/mol. The third-order valence-corrected chi connectivity index (χ3v) is 3.64. The number of aromatic nitrogens is 3. The molecule has 7 nitrogen and oxygen atoms in total. The first-order valence-corrected chi connectivity index (χ1v) is 7.10. The zero-order chi connectivity index (χ0) is 15.8. The van der Waals surface area contributed by atoms with Crippen molar-refractivity contribution in [2.24, 2.45) is 7.05 Å². The van der Waals surface area contributed by atoms with E-state index >= 15 is 0 Å². The van der Waals surface area contributed by atoms with E-state index in [-0.39, 0.29) is 16.7 Å². The number of carboxylic acid groups (broad SMARTS) is 1. The first kappa shape index (κ1) is 15.2. The van der Waals surface area contributed by atoms with Gasteiger partial charge >= 0.3 is 5.97 Å². The van der Waals surface area contributed by atoms with Crippen LogP contribution in [0.5, 0.6) is 0 Å². The van der Waals surface area contributed by atoms with Crippen molar-refractivity contribution < 1.29 is 14.7 Å². The Morgan fingerprint density at radius 2 is 2.05 bits per heavy atom. The van der Waals surface area contributed by atoms with E-state index < -0.39 is 11.9 Å². The summed E-state index contributed by atoms with van der Waals surface area (Å²) < 4.78 is 1.23. The van der Waals surface area contributed by atoms with Crippen LogP contribution in [0.2, 0.25) is 0 Å². The Morgan fingerprint density at radius 3 is 2.57 bits per heavy atom. The topological polar surface area (TPSA) is 97.1 Å². The summed E-state index contributed by atoms with van der Waals surface area (Å²) in [6, 6.07) is 0. The Balaban J connectivity index is 2.25. The summed E-state index contributed by atoms with van der Waals surface area (Å²) in [6.07, 6.45) is 1.15. The molecule has 2 rings (SSSR count). The fraction of sp³-hybridized carbons (Fsp3) is 0.385. The zero-order valence-corrected chi connectivity index (χ0v) is 13.0. The number of aromatic carboxylic acids is 1. The molecule has 112 valence electrons. The van der Waals surface area contributed by atoms with Crippen LogP contribution in [0.15, 0.2) is 11.6 Å². The largest absolute Gasteiger partial charge is 0.478 e. The second kappa shape index (κ2) is 5.28. The minimum absolute atomic E-state index is 0.00462. The Bertz CT molecular complexity index is 697. The van der Waals surface area contributed by atoms with Gasteiger partial charge in [0.15, 0.2) is 5.13 Å². The van der Waals surface area contributed by atoms with Gasteiger partial charge in [-0.1, -0.05) is 20.8 Å². The molecule has 0 bridgehead atoms. The van der Waals surface area contributed by atoms with Gasteiger partial charge in [-0.25, -0.2) is 9.78 Å². The lowest BCUT2D eigenvalue weighted by molar-refractivity contribution is 0.0692. The molecule has 21 heavy (non-hydrogen) atoms. The Hall–Kier alpha value is -2.22. The molecule has 0 aromatic carbocycles. The molecule has 1 amide bonds. The predicted molar refractivity (Wildman–Crippen MR) is 78.9 cm³/mol. The lowest BCUT2D eigenvalue weighted by Gasteiger charge is -2.14. The molecule has 0 unspecified atom stereocenters. The van der Waals surface area contributed by atoms with E-state index in [1.54, 1.807) is 0 Å². The van der Waals surface area contributed by atoms with Crippen LogP contribution in [0, 0.1) is 0 Å². The number of hydrogen-bond donors (Lipinski definition) is 2. The summed E-state index contributed by atoms with van der Waals surface area (Å²) in [5, 5.41) is 17.8. The normalized spacial score (nSPS) is 11.4. The van der Waals surface area contributed by atoms with Crippen LogP contribution in [-0.2, 0) is 12.5 Å². The van der Waals surface area contributed by atoms with Gasteiger partial charge in [0, 0.05) is 17.8 Å². The van der Waals surface area contributed by atoms with Gasteiger partial charge in [-0.3, -0.25) is 14.8 Å². The summed E-state index contributed by atoms with van der Waals surface area (Å²) in [7, 11) is 1.52. The van der Waals surface area contributed by atoms with Gasteiger partial charge in [0.05, 0.1) is 11.9 Å². The Kier molecular flexibility index (Phi) is 3.82. The van der Waals surface area contributed by atoms with E-state index in [0.29, 0.717) is 5.13 Å². The molecule has 0 saturated heterocycles. The molecule has 8 heteroatoms. The molecule has 2 N–H and O–H groups in total. The SMILES string of the molecule is Cn1ncc(C(=O)O)c1C(=O)Nc1nc(C(C)(C)C)cs1. The third-order valence-electron chi connectivity index (χ3n) is 2.88. The second-order valence-electron chi connectivity index (χ2n) is 5.58. The lowest BCUT2D eigenvalue weighted by Crippen LogP contribution is -2.19. The van der Waals surface area contributed by atoms with Crippen LogP contribution in [0.1, 0.15) is 47.3 Å². The maximum absolute atomic E-state index is 12.2. The van der Waals surface area contributed by atoms with Gasteiger partial charge in [-0.15, -0.1) is 11.3 Å². The second-order valence-corrected chi connectivity index (χ2v) is 6.44. The number of aryl methyl sites for hydroxylation is 1. The third kappa shape index (κ3) is 3.10. The van der Waals surface area contributed by atoms with Crippen molar-refractivity contribution in [3.63, 3.8) is 0 Å². The number of nitrogens with zero attached hydrogens (tertiary/aromatic N) is 3. The Labute approximate surface area is 125 Å². The van der Waals surface area contributed by atoms with E-state index in [9.17, 15) is 9.59 Å². The maximum atomic E-state index is 12.2. The van der Waals surface area contributed by atoms with Crippen LogP contribution in [-0.4, -0.2) is 31.7 Å². The average molecular weight is 308 g/mol. The number of carbonyl (C=O) groups excluding carboxylic acids is 1. The number of nitrogens with one attached hydrogen (secondary N) is 1. The maximum Gasteiger partial charge on any atom is 0.339 e. The van der Waals surface area contributed by atoms with Gasteiger partial charge in [0.25, 0.3) is 5.91 Å². The highest BCUT2D eigenvalue weighted by Crippen LogP contribution is 2.26. The summed E-state index contributed by atoms with van der Waals surface area (Å²) in [4.78, 5) is 27.6. The van der Waals surface area contributed by atoms with Crippen LogP contribution in [0.25, 0.3) is 0 Å². The molecule has 0 aliphatic carbocycles. The molecule has 2 aromatic heterocycles. The number of carboxylic acids is 1. The molecule has 0 radical (unpaired) electrons. The number of rotatable bonds is 3. The molecule has 0 spiro atoms. The van der Waals surface area contributed by atoms with Crippen LogP contribution in [0.3, 0.4) is 0 Å². The molecule has 2 aromatic rings. The molecule has 2 heterocycles. The fourth-order valence-corrected chi connectivity index (χ4v) is 2.63. The highest BCUT2D eigenvalue weighted by atomic mass is 32.1. The predicted octanol–water partition coefficient (Wildman–Crippen LogP) is 2.12. The molecule has 0 atom stereocenters. The van der Waals surface area contributed by atoms with Gasteiger partial charge in [0.2, 0.25) is 0 Å². The van der Waals surface area contributed by atoms with E-state index in [1.165, 1.54) is 23.1 Å². The van der Waals surface area contributed by atoms with E-state index in [1.807, 2.05) is 26.2 Å². The van der Waals surface area contributed by atoms with E-state index in [0.717, 1.165) is 11.9 Å². The number of carbonyl (C=O) groups is 2. The van der Waals surface area contributed by atoms with Crippen LogP contribution in [0.4, 0.5) is 5.13 Å². The molecular formula is C13H16N4O3S. The standard InChI is InChI=1S/C13H16N4O3S/c1-13(2,3)8-6-21-12(15-8)16-10(18)9-7(11(19)20)5-14-17(9)4/h5-6H,1-4H3,(H,19,20)(H,15,16,18). The monoisotopic (exact) mass is 308 g/mol. The van der Waals surface area contributed by atoms with Gasteiger partial charge in [-0.2, -0.15) is 5.10 Å². The van der Waals surface area contributed by atoms with Crippen LogP contribution < -0.4 is 5.32 Å². The minimum Gasteiger partial charge on any atom is -0.478 e. The quantitative estimate of drug-likeness (QED) is 0.905. The van der Waals surface area contributed by atoms with Crippen molar-refractivity contribution in [1.82, 2.24) is 14.8 Å². The van der Waals surface area contributed by atoms with Crippen LogP contribution >= 0.6 is 11.3 Å². The average Bonchev–Trinajstić information content (AvgIpc) is 2.94. The summed E-state index contributed by atoms with van der Waals surface area (Å²) in [5.41, 5.74) is 0.613. The van der Waals surface area contributed by atoms with Crippen molar-refractivity contribution in [3.05, 3.63) is 28.5 Å². The molecule has 0 saturated carbocycles. The first-order chi connectivity index (χ1) is 9.70. The highest BCUT2D eigenvalue weighted by Gasteiger charge is 2.23. The van der Waals surface area contributed by atoms with E-state index in [4.69, 9.17) is 5.11 Å². The summed E-state index contributed by atoms with van der Waals surface area (Å²) in [6.45, 7) is 6.08. The fourth-order valence-electron chi connectivity index (χ4n) is 1.70. The zero-order valence-electron chi connectivity index (χ0n) is 12.2. The lowest BCUT2D eigenvalue weighted by atomic mass is 9.93. The number of hydrogen-bond acceptors (Lipinski definition) is 5. The summed E-state index contributed by atoms with van der Waals surface area (Å²) in [5.74, 6) is -1.73. The van der Waals surface area contributed by atoms with Crippen molar-refractivity contribution in [3.8, 4) is 0 Å². The van der Waals surface area contributed by atoms with Crippen molar-refractivity contribution in [2.75, 3.05) is 5.32 Å². The van der Waals surface area contributed by atoms with Gasteiger partial charge in [-0.05, 0) is 0 Å². The van der Waals surface area contributed by atoms with Crippen molar-refractivity contribution in [2.45, 2.75) is 26.2 Å². The minimum atomic E-state index is -1.19.